The number of nitrogens with one attached hydrogen (secondary N) is 1. The van der Waals surface area contributed by atoms with Gasteiger partial charge < -0.3 is 19.5 Å². The van der Waals surface area contributed by atoms with Crippen LogP contribution >= 0.6 is 0 Å². The standard InChI is InChI=1S/C23H29NO4/c1-16-7-9-17(10-8-16)27-13-5-6-22(25)24-20-15-23(2,3)28-21-14-18(26-4)11-12-19(20)21/h7-12,14,20H,5-6,13,15H2,1-4H3,(H,24,25). The van der Waals surface area contributed by atoms with E-state index in [0.29, 0.717) is 19.4 Å². The monoisotopic (exact) mass is 383 g/mol. The number of carbonyl (C=O) groups is 1. The maximum atomic E-state index is 12.5. The first kappa shape index (κ1) is 20.1. The van der Waals surface area contributed by atoms with E-state index >= 15 is 0 Å². The van der Waals surface area contributed by atoms with Gasteiger partial charge in [-0.1, -0.05) is 17.7 Å². The summed E-state index contributed by atoms with van der Waals surface area (Å²) in [6.07, 6.45) is 1.81. The Kier molecular flexibility index (Phi) is 6.12. The van der Waals surface area contributed by atoms with Crippen LogP contribution in [0, 0.1) is 6.92 Å². The van der Waals surface area contributed by atoms with Crippen LogP contribution in [0.1, 0.15) is 50.3 Å². The van der Waals surface area contributed by atoms with E-state index in [1.807, 2.05) is 63.2 Å². The number of ether oxygens (including phenoxy) is 3. The average molecular weight is 383 g/mol. The summed E-state index contributed by atoms with van der Waals surface area (Å²) < 4.78 is 17.1. The smallest absolute Gasteiger partial charge is 0.220 e. The third kappa shape index (κ3) is 5.18. The Balaban J connectivity index is 1.54. The molecule has 2 aromatic rings. The molecule has 2 aromatic carbocycles. The van der Waals surface area contributed by atoms with Crippen molar-refractivity contribution >= 4 is 5.91 Å². The second-order valence-electron chi connectivity index (χ2n) is 7.85. The highest BCUT2D eigenvalue weighted by atomic mass is 16.5. The minimum atomic E-state index is -0.355. The predicted molar refractivity (Wildman–Crippen MR) is 109 cm³/mol. The first-order chi connectivity index (χ1) is 13.4. The lowest BCUT2D eigenvalue weighted by Gasteiger charge is -2.38. The van der Waals surface area contributed by atoms with Gasteiger partial charge in [0.25, 0.3) is 0 Å². The topological polar surface area (TPSA) is 56.8 Å². The molecule has 0 saturated carbocycles. The van der Waals surface area contributed by atoms with E-state index in [-0.39, 0.29) is 17.6 Å². The fourth-order valence-corrected chi connectivity index (χ4v) is 3.41. The molecule has 3 rings (SSSR count). The summed E-state index contributed by atoms with van der Waals surface area (Å²) in [6, 6.07) is 13.6. The van der Waals surface area contributed by atoms with Crippen LogP contribution in [-0.2, 0) is 4.79 Å². The Morgan fingerprint density at radius 2 is 1.89 bits per heavy atom. The van der Waals surface area contributed by atoms with Crippen molar-refractivity contribution < 1.29 is 19.0 Å². The molecule has 0 saturated heterocycles. The van der Waals surface area contributed by atoms with Gasteiger partial charge in [0.1, 0.15) is 22.8 Å². The van der Waals surface area contributed by atoms with Crippen molar-refractivity contribution in [1.29, 1.82) is 0 Å². The Labute approximate surface area is 167 Å². The van der Waals surface area contributed by atoms with Gasteiger partial charge in [0.15, 0.2) is 0 Å². The minimum absolute atomic E-state index is 0.0250. The molecule has 1 atom stereocenters. The minimum Gasteiger partial charge on any atom is -0.497 e. The second-order valence-corrected chi connectivity index (χ2v) is 7.85. The molecule has 1 heterocycles. The van der Waals surface area contributed by atoms with Crippen molar-refractivity contribution in [2.24, 2.45) is 0 Å². The van der Waals surface area contributed by atoms with Gasteiger partial charge in [0.2, 0.25) is 5.91 Å². The number of aryl methyl sites for hydroxylation is 1. The van der Waals surface area contributed by atoms with Crippen LogP contribution in [0.15, 0.2) is 42.5 Å². The highest BCUT2D eigenvalue weighted by Crippen LogP contribution is 2.41. The molecule has 0 radical (unpaired) electrons. The number of carbonyl (C=O) groups excluding carboxylic acids is 1. The number of amides is 1. The zero-order valence-electron chi connectivity index (χ0n) is 17.1. The summed E-state index contributed by atoms with van der Waals surface area (Å²) in [5, 5.41) is 3.16. The summed E-state index contributed by atoms with van der Waals surface area (Å²) >= 11 is 0. The van der Waals surface area contributed by atoms with Crippen LogP contribution in [0.5, 0.6) is 17.2 Å². The van der Waals surface area contributed by atoms with Gasteiger partial charge in [-0.15, -0.1) is 0 Å². The van der Waals surface area contributed by atoms with Crippen LogP contribution in [0.25, 0.3) is 0 Å². The van der Waals surface area contributed by atoms with Crippen LogP contribution in [0.2, 0.25) is 0 Å². The molecule has 1 aliphatic rings. The highest BCUT2D eigenvalue weighted by molar-refractivity contribution is 5.76. The highest BCUT2D eigenvalue weighted by Gasteiger charge is 2.34. The van der Waals surface area contributed by atoms with Crippen LogP contribution in [0.3, 0.4) is 0 Å². The van der Waals surface area contributed by atoms with Gasteiger partial charge in [0.05, 0.1) is 19.8 Å². The Bertz CT molecular complexity index is 814. The van der Waals surface area contributed by atoms with Crippen LogP contribution in [-0.4, -0.2) is 25.2 Å². The van der Waals surface area contributed by atoms with E-state index in [2.05, 4.69) is 5.32 Å². The summed E-state index contributed by atoms with van der Waals surface area (Å²) in [5.41, 5.74) is 1.83. The predicted octanol–water partition coefficient (Wildman–Crippen LogP) is 4.58. The zero-order chi connectivity index (χ0) is 20.1. The van der Waals surface area contributed by atoms with E-state index in [4.69, 9.17) is 14.2 Å². The van der Waals surface area contributed by atoms with Gasteiger partial charge in [-0.05, 0) is 51.5 Å². The SMILES string of the molecule is COc1ccc2c(c1)OC(C)(C)CC2NC(=O)CCCOc1ccc(C)cc1. The summed E-state index contributed by atoms with van der Waals surface area (Å²) in [6.45, 7) is 6.62. The Morgan fingerprint density at radius 3 is 2.61 bits per heavy atom. The number of methoxy groups -OCH3 is 1. The fourth-order valence-electron chi connectivity index (χ4n) is 3.41. The van der Waals surface area contributed by atoms with Crippen molar-refractivity contribution in [3.05, 3.63) is 53.6 Å². The number of hydrogen-bond acceptors (Lipinski definition) is 4. The molecule has 5 nitrogen and oxygen atoms in total. The van der Waals surface area contributed by atoms with Crippen molar-refractivity contribution in [1.82, 2.24) is 5.32 Å². The number of benzene rings is 2. The lowest BCUT2D eigenvalue weighted by molar-refractivity contribution is -0.122. The summed E-state index contributed by atoms with van der Waals surface area (Å²) in [4.78, 5) is 12.5. The lowest BCUT2D eigenvalue weighted by atomic mass is 9.89. The van der Waals surface area contributed by atoms with E-state index in [0.717, 1.165) is 29.2 Å². The third-order valence-electron chi connectivity index (χ3n) is 4.85. The van der Waals surface area contributed by atoms with Gasteiger partial charge in [-0.25, -0.2) is 0 Å². The van der Waals surface area contributed by atoms with Crippen molar-refractivity contribution in [2.75, 3.05) is 13.7 Å². The first-order valence-corrected chi connectivity index (χ1v) is 9.72. The van der Waals surface area contributed by atoms with Gasteiger partial charge >= 0.3 is 0 Å². The maximum Gasteiger partial charge on any atom is 0.220 e. The molecule has 28 heavy (non-hydrogen) atoms. The van der Waals surface area contributed by atoms with Crippen molar-refractivity contribution in [2.45, 2.75) is 51.7 Å². The summed E-state index contributed by atoms with van der Waals surface area (Å²) in [7, 11) is 1.63. The molecule has 0 bridgehead atoms. The van der Waals surface area contributed by atoms with E-state index in [1.54, 1.807) is 7.11 Å². The normalized spacial score (nSPS) is 17.2. The molecular weight excluding hydrogens is 354 g/mol. The molecule has 1 N–H and O–H groups in total. The molecule has 1 amide bonds. The van der Waals surface area contributed by atoms with Crippen molar-refractivity contribution in [3.8, 4) is 17.2 Å². The number of fused-ring (bicyclic) bond motifs is 1. The molecule has 0 aliphatic carbocycles. The quantitative estimate of drug-likeness (QED) is 0.711. The molecule has 150 valence electrons. The second kappa shape index (κ2) is 8.55. The fraction of sp³-hybridized carbons (Fsp3) is 0.435. The Hall–Kier alpha value is -2.69. The van der Waals surface area contributed by atoms with E-state index < -0.39 is 0 Å². The van der Waals surface area contributed by atoms with Gasteiger partial charge in [-0.3, -0.25) is 4.79 Å². The van der Waals surface area contributed by atoms with Crippen LogP contribution in [0.4, 0.5) is 0 Å². The first-order valence-electron chi connectivity index (χ1n) is 9.72. The zero-order valence-corrected chi connectivity index (χ0v) is 17.1. The number of rotatable bonds is 7. The molecule has 0 aromatic heterocycles. The van der Waals surface area contributed by atoms with Gasteiger partial charge in [0, 0.05) is 24.5 Å². The molecule has 1 unspecified atom stereocenters. The largest absolute Gasteiger partial charge is 0.497 e. The Morgan fingerprint density at radius 1 is 1.18 bits per heavy atom. The van der Waals surface area contributed by atoms with E-state index in [9.17, 15) is 4.79 Å². The number of hydrogen-bond donors (Lipinski definition) is 1. The molecule has 1 aliphatic heterocycles. The average Bonchev–Trinajstić information content (AvgIpc) is 2.65. The molecule has 0 spiro atoms. The molecule has 0 fully saturated rings. The maximum absolute atomic E-state index is 12.5. The van der Waals surface area contributed by atoms with Crippen molar-refractivity contribution in [3.63, 3.8) is 0 Å². The van der Waals surface area contributed by atoms with Gasteiger partial charge in [-0.2, -0.15) is 0 Å². The van der Waals surface area contributed by atoms with Crippen LogP contribution < -0.4 is 19.5 Å². The van der Waals surface area contributed by atoms with E-state index in [1.165, 1.54) is 5.56 Å². The lowest BCUT2D eigenvalue weighted by Crippen LogP contribution is -2.41. The molecule has 5 heteroatoms. The third-order valence-corrected chi connectivity index (χ3v) is 4.85. The summed E-state index contributed by atoms with van der Waals surface area (Å²) in [5.74, 6) is 2.37. The molecular formula is C23H29NO4.